The van der Waals surface area contributed by atoms with Crippen LogP contribution in [-0.4, -0.2) is 28.1 Å². The van der Waals surface area contributed by atoms with Gasteiger partial charge in [-0.3, -0.25) is 4.79 Å². The lowest BCUT2D eigenvalue weighted by Crippen LogP contribution is -2.27. The lowest BCUT2D eigenvalue weighted by molar-refractivity contribution is -0.129. The highest BCUT2D eigenvalue weighted by Crippen LogP contribution is 2.23. The number of hydrogen-bond donors (Lipinski definition) is 0. The molecule has 3 rings (SSSR count). The van der Waals surface area contributed by atoms with E-state index in [9.17, 15) is 9.59 Å². The summed E-state index contributed by atoms with van der Waals surface area (Å²) in [5.74, 6) is -0.223. The van der Waals surface area contributed by atoms with Crippen LogP contribution in [0.25, 0.3) is 17.1 Å². The van der Waals surface area contributed by atoms with Gasteiger partial charge in [0.2, 0.25) is 0 Å². The topological polar surface area (TPSA) is 74.3 Å². The second-order valence-corrected chi connectivity index (χ2v) is 6.89. The average Bonchev–Trinajstić information content (AvgIpc) is 3.28. The van der Waals surface area contributed by atoms with Gasteiger partial charge in [0.05, 0.1) is 12.0 Å². The first-order valence-corrected chi connectivity index (χ1v) is 8.26. The van der Waals surface area contributed by atoms with Crippen molar-refractivity contribution >= 4 is 11.8 Å². The number of hydrogen-bond acceptors (Lipinski definition) is 5. The summed E-state index contributed by atoms with van der Waals surface area (Å²) < 4.78 is 12.1. The number of esters is 1. The van der Waals surface area contributed by atoms with E-state index in [-0.39, 0.29) is 18.1 Å². The van der Waals surface area contributed by atoms with Gasteiger partial charge in [-0.15, -0.1) is 0 Å². The van der Waals surface area contributed by atoms with Gasteiger partial charge in [0.15, 0.2) is 23.8 Å². The van der Waals surface area contributed by atoms with Gasteiger partial charge < -0.3 is 9.15 Å². The number of rotatable bonds is 5. The predicted molar refractivity (Wildman–Crippen MR) is 96.0 cm³/mol. The van der Waals surface area contributed by atoms with E-state index in [1.165, 1.54) is 10.9 Å². The second kappa shape index (κ2) is 7.00. The summed E-state index contributed by atoms with van der Waals surface area (Å²) in [4.78, 5) is 24.6. The molecule has 0 spiro atoms. The Morgan fingerprint density at radius 2 is 1.85 bits per heavy atom. The van der Waals surface area contributed by atoms with Crippen molar-refractivity contribution in [3.05, 3.63) is 60.5 Å². The molecule has 3 aromatic rings. The molecule has 0 fully saturated rings. The third-order valence-electron chi connectivity index (χ3n) is 3.86. The van der Waals surface area contributed by atoms with Crippen LogP contribution in [0.4, 0.5) is 0 Å². The van der Waals surface area contributed by atoms with Gasteiger partial charge in [-0.25, -0.2) is 9.48 Å². The lowest BCUT2D eigenvalue weighted by atomic mass is 9.91. The van der Waals surface area contributed by atoms with Crippen LogP contribution in [0.2, 0.25) is 0 Å². The maximum Gasteiger partial charge on any atom is 0.357 e. The Bertz CT molecular complexity index is 903. The molecule has 134 valence electrons. The standard InChI is InChI=1S/C20H20N2O4/c1-20(2,3)18(23)13-26-19(24)16-12-15(17-10-7-11-25-17)21-22(16)14-8-5-4-6-9-14/h4-12H,13H2,1-3H3. The highest BCUT2D eigenvalue weighted by atomic mass is 16.5. The molecule has 0 saturated heterocycles. The van der Waals surface area contributed by atoms with E-state index in [1.807, 2.05) is 30.3 Å². The molecule has 6 heteroatoms. The number of ketones is 1. The Hall–Kier alpha value is -3.15. The number of furan rings is 1. The number of carbonyl (C=O) groups excluding carboxylic acids is 2. The minimum absolute atomic E-state index is 0.150. The van der Waals surface area contributed by atoms with Crippen LogP contribution in [0, 0.1) is 5.41 Å². The molecule has 26 heavy (non-hydrogen) atoms. The van der Waals surface area contributed by atoms with Gasteiger partial charge in [0, 0.05) is 11.5 Å². The van der Waals surface area contributed by atoms with Crippen molar-refractivity contribution in [2.24, 2.45) is 5.41 Å². The molecule has 0 radical (unpaired) electrons. The largest absolute Gasteiger partial charge is 0.463 e. The molecule has 1 aromatic carbocycles. The Morgan fingerprint density at radius 1 is 1.12 bits per heavy atom. The zero-order valence-electron chi connectivity index (χ0n) is 14.9. The lowest BCUT2D eigenvalue weighted by Gasteiger charge is -2.16. The van der Waals surface area contributed by atoms with E-state index in [0.29, 0.717) is 17.1 Å². The number of aromatic nitrogens is 2. The van der Waals surface area contributed by atoms with Crippen LogP contribution in [0.3, 0.4) is 0 Å². The quantitative estimate of drug-likeness (QED) is 0.651. The van der Waals surface area contributed by atoms with E-state index in [1.54, 1.807) is 39.0 Å². The van der Waals surface area contributed by atoms with Crippen LogP contribution in [0.5, 0.6) is 0 Å². The van der Waals surface area contributed by atoms with Crippen molar-refractivity contribution < 1.29 is 18.7 Å². The summed E-state index contributed by atoms with van der Waals surface area (Å²) >= 11 is 0. The van der Waals surface area contributed by atoms with Crippen LogP contribution < -0.4 is 0 Å². The van der Waals surface area contributed by atoms with Crippen LogP contribution >= 0.6 is 0 Å². The van der Waals surface area contributed by atoms with Crippen molar-refractivity contribution in [2.45, 2.75) is 20.8 Å². The summed E-state index contributed by atoms with van der Waals surface area (Å²) in [5, 5.41) is 4.46. The molecule has 0 amide bonds. The monoisotopic (exact) mass is 352 g/mol. The van der Waals surface area contributed by atoms with Crippen molar-refractivity contribution in [2.75, 3.05) is 6.61 Å². The first-order chi connectivity index (χ1) is 12.4. The molecule has 0 aliphatic heterocycles. The number of carbonyl (C=O) groups is 2. The molecular formula is C20H20N2O4. The van der Waals surface area contributed by atoms with E-state index < -0.39 is 11.4 Å². The first-order valence-electron chi connectivity index (χ1n) is 8.26. The number of benzene rings is 1. The second-order valence-electron chi connectivity index (χ2n) is 6.89. The fourth-order valence-electron chi connectivity index (χ4n) is 2.26. The highest BCUT2D eigenvalue weighted by molar-refractivity contribution is 5.92. The molecule has 0 aliphatic rings. The fraction of sp³-hybridized carbons (Fsp3) is 0.250. The van der Waals surface area contributed by atoms with Crippen molar-refractivity contribution in [3.63, 3.8) is 0 Å². The SMILES string of the molecule is CC(C)(C)C(=O)COC(=O)c1cc(-c2ccco2)nn1-c1ccccc1. The van der Waals surface area contributed by atoms with E-state index >= 15 is 0 Å². The third-order valence-corrected chi connectivity index (χ3v) is 3.86. The predicted octanol–water partition coefficient (Wildman–Crippen LogP) is 3.90. The summed E-state index contributed by atoms with van der Waals surface area (Å²) in [5.41, 5.74) is 0.871. The van der Waals surface area contributed by atoms with E-state index in [0.717, 1.165) is 0 Å². The first kappa shape index (κ1) is 17.7. The highest BCUT2D eigenvalue weighted by Gasteiger charge is 2.25. The Balaban J connectivity index is 1.92. The van der Waals surface area contributed by atoms with Gasteiger partial charge in [-0.05, 0) is 24.3 Å². The van der Waals surface area contributed by atoms with E-state index in [4.69, 9.17) is 9.15 Å². The average molecular weight is 352 g/mol. The van der Waals surface area contributed by atoms with Crippen molar-refractivity contribution in [1.29, 1.82) is 0 Å². The molecule has 2 heterocycles. The maximum atomic E-state index is 12.6. The van der Waals surface area contributed by atoms with E-state index in [2.05, 4.69) is 5.10 Å². The Labute approximate surface area is 151 Å². The van der Waals surface area contributed by atoms with Gasteiger partial charge in [0.25, 0.3) is 0 Å². The van der Waals surface area contributed by atoms with Gasteiger partial charge in [-0.1, -0.05) is 39.0 Å². The molecule has 0 N–H and O–H groups in total. The molecule has 0 saturated carbocycles. The zero-order chi connectivity index (χ0) is 18.7. The summed E-state index contributed by atoms with van der Waals surface area (Å²) in [7, 11) is 0. The number of para-hydroxylation sites is 1. The van der Waals surface area contributed by atoms with Crippen LogP contribution in [0.1, 0.15) is 31.3 Å². The van der Waals surface area contributed by atoms with Gasteiger partial charge >= 0.3 is 5.97 Å². The normalized spacial score (nSPS) is 11.3. The summed E-state index contributed by atoms with van der Waals surface area (Å²) in [6.45, 7) is 5.07. The molecule has 0 bridgehead atoms. The summed E-state index contributed by atoms with van der Waals surface area (Å²) in [6, 6.07) is 14.3. The fourth-order valence-corrected chi connectivity index (χ4v) is 2.26. The summed E-state index contributed by atoms with van der Waals surface area (Å²) in [6.07, 6.45) is 1.54. The number of ether oxygens (including phenoxy) is 1. The van der Waals surface area contributed by atoms with Gasteiger partial charge in [0.1, 0.15) is 5.69 Å². The third kappa shape index (κ3) is 3.74. The molecule has 0 aliphatic carbocycles. The van der Waals surface area contributed by atoms with Crippen LogP contribution in [-0.2, 0) is 9.53 Å². The minimum atomic E-state index is -0.614. The number of Topliss-reactive ketones (excluding diaryl/α,β-unsaturated/α-hetero) is 1. The smallest absolute Gasteiger partial charge is 0.357 e. The molecule has 6 nitrogen and oxygen atoms in total. The van der Waals surface area contributed by atoms with Crippen molar-refractivity contribution in [1.82, 2.24) is 9.78 Å². The van der Waals surface area contributed by atoms with Crippen LogP contribution in [0.15, 0.2) is 59.2 Å². The Kier molecular flexibility index (Phi) is 4.75. The molecule has 0 atom stereocenters. The van der Waals surface area contributed by atoms with Gasteiger partial charge in [-0.2, -0.15) is 5.10 Å². The van der Waals surface area contributed by atoms with Crippen molar-refractivity contribution in [3.8, 4) is 17.1 Å². The molecule has 0 unspecified atom stereocenters. The minimum Gasteiger partial charge on any atom is -0.463 e. The molecule has 2 aromatic heterocycles. The number of nitrogens with zero attached hydrogens (tertiary/aromatic N) is 2. The maximum absolute atomic E-state index is 12.6. The Morgan fingerprint density at radius 3 is 2.46 bits per heavy atom. The zero-order valence-corrected chi connectivity index (χ0v) is 14.9. The molecular weight excluding hydrogens is 332 g/mol.